The Bertz CT molecular complexity index is 998. The highest BCUT2D eigenvalue weighted by Gasteiger charge is 2.50. The molecule has 4 heterocycles. The van der Waals surface area contributed by atoms with E-state index in [-0.39, 0.29) is 5.41 Å². The summed E-state index contributed by atoms with van der Waals surface area (Å²) < 4.78 is 17.5. The molecule has 4 aliphatic rings. The van der Waals surface area contributed by atoms with Crippen LogP contribution in [0.1, 0.15) is 44.2 Å². The highest BCUT2D eigenvalue weighted by atomic mass is 16.7. The van der Waals surface area contributed by atoms with Crippen molar-refractivity contribution in [3.8, 4) is 17.2 Å². The number of piperidine rings is 1. The molecule has 0 N–H and O–H groups in total. The van der Waals surface area contributed by atoms with Crippen molar-refractivity contribution in [1.82, 2.24) is 4.90 Å². The van der Waals surface area contributed by atoms with Crippen molar-refractivity contribution in [1.29, 1.82) is 0 Å². The SMILES string of the molecule is CC(C)CCN1CCC(CN2CC3(COc4cc5c(cc43)OCO5)c3ccccc32)CC1. The molecular formula is C27H34N2O3. The Labute approximate surface area is 191 Å². The number of ether oxygens (including phenoxy) is 3. The molecule has 1 fully saturated rings. The molecule has 0 saturated carbocycles. The molecule has 2 aromatic carbocycles. The van der Waals surface area contributed by atoms with Crippen LogP contribution in [-0.4, -0.2) is 51.0 Å². The summed E-state index contributed by atoms with van der Waals surface area (Å²) in [6.45, 7) is 11.5. The lowest BCUT2D eigenvalue weighted by atomic mass is 9.77. The molecule has 0 radical (unpaired) electrons. The second-order valence-corrected chi connectivity index (χ2v) is 10.4. The van der Waals surface area contributed by atoms with Crippen LogP contribution >= 0.6 is 0 Å². The number of rotatable bonds is 5. The maximum Gasteiger partial charge on any atom is 0.231 e. The van der Waals surface area contributed by atoms with E-state index in [1.165, 1.54) is 55.7 Å². The Morgan fingerprint density at radius 1 is 0.969 bits per heavy atom. The third-order valence-corrected chi connectivity index (χ3v) is 7.89. The zero-order valence-corrected chi connectivity index (χ0v) is 19.3. The fraction of sp³-hybridized carbons (Fsp3) is 0.556. The van der Waals surface area contributed by atoms with Crippen molar-refractivity contribution in [2.24, 2.45) is 11.8 Å². The standard InChI is InChI=1S/C27H34N2O3/c1-19(2)7-10-28-11-8-20(9-12-28)15-29-16-27(21-5-3-4-6-23(21)29)17-30-24-14-26-25(13-22(24)27)31-18-32-26/h3-6,13-14,19-20H,7-12,15-18H2,1-2H3. The fourth-order valence-corrected chi connectivity index (χ4v) is 6.01. The minimum absolute atomic E-state index is 0.120. The first-order chi connectivity index (χ1) is 15.6. The van der Waals surface area contributed by atoms with E-state index in [0.29, 0.717) is 13.4 Å². The molecule has 1 atom stereocenters. The van der Waals surface area contributed by atoms with Gasteiger partial charge in [-0.3, -0.25) is 0 Å². The van der Waals surface area contributed by atoms with Gasteiger partial charge in [0, 0.05) is 30.4 Å². The van der Waals surface area contributed by atoms with Gasteiger partial charge in [-0.15, -0.1) is 0 Å². The third-order valence-electron chi connectivity index (χ3n) is 7.89. The second-order valence-electron chi connectivity index (χ2n) is 10.4. The lowest BCUT2D eigenvalue weighted by Gasteiger charge is -2.35. The average Bonchev–Trinajstić information content (AvgIpc) is 3.49. The molecule has 5 heteroatoms. The van der Waals surface area contributed by atoms with Gasteiger partial charge in [0.15, 0.2) is 11.5 Å². The third kappa shape index (κ3) is 3.33. The predicted molar refractivity (Wildman–Crippen MR) is 126 cm³/mol. The van der Waals surface area contributed by atoms with Crippen LogP contribution in [0.15, 0.2) is 36.4 Å². The summed E-state index contributed by atoms with van der Waals surface area (Å²) in [5.74, 6) is 4.14. The zero-order valence-electron chi connectivity index (χ0n) is 19.3. The second kappa shape index (κ2) is 7.87. The maximum absolute atomic E-state index is 6.25. The number of nitrogens with zero attached hydrogens (tertiary/aromatic N) is 2. The summed E-state index contributed by atoms with van der Waals surface area (Å²) in [5.41, 5.74) is 3.90. The van der Waals surface area contributed by atoms with Gasteiger partial charge in [0.05, 0.1) is 5.41 Å². The fourth-order valence-electron chi connectivity index (χ4n) is 6.01. The van der Waals surface area contributed by atoms with Gasteiger partial charge in [-0.1, -0.05) is 32.0 Å². The number of hydrogen-bond donors (Lipinski definition) is 0. The number of benzene rings is 2. The quantitative estimate of drug-likeness (QED) is 0.683. The molecule has 0 aliphatic carbocycles. The lowest BCUT2D eigenvalue weighted by molar-refractivity contribution is 0.173. The normalized spacial score (nSPS) is 24.3. The van der Waals surface area contributed by atoms with Crippen molar-refractivity contribution in [3.63, 3.8) is 0 Å². The van der Waals surface area contributed by atoms with E-state index in [9.17, 15) is 0 Å². The molecule has 32 heavy (non-hydrogen) atoms. The van der Waals surface area contributed by atoms with E-state index in [1.807, 2.05) is 6.07 Å². The highest BCUT2D eigenvalue weighted by molar-refractivity contribution is 5.70. The monoisotopic (exact) mass is 434 g/mol. The number of para-hydroxylation sites is 1. The van der Waals surface area contributed by atoms with Gasteiger partial charge in [0.2, 0.25) is 6.79 Å². The van der Waals surface area contributed by atoms with Crippen LogP contribution in [0.5, 0.6) is 17.2 Å². The number of fused-ring (bicyclic) bond motifs is 5. The average molecular weight is 435 g/mol. The molecule has 4 aliphatic heterocycles. The minimum atomic E-state index is -0.120. The van der Waals surface area contributed by atoms with Crippen LogP contribution in [0.3, 0.4) is 0 Å². The lowest BCUT2D eigenvalue weighted by Crippen LogP contribution is -2.41. The summed E-state index contributed by atoms with van der Waals surface area (Å²) in [7, 11) is 0. The number of anilines is 1. The van der Waals surface area contributed by atoms with E-state index >= 15 is 0 Å². The first-order valence-electron chi connectivity index (χ1n) is 12.3. The van der Waals surface area contributed by atoms with Gasteiger partial charge in [0.25, 0.3) is 0 Å². The molecular weight excluding hydrogens is 400 g/mol. The van der Waals surface area contributed by atoms with E-state index < -0.39 is 0 Å². The topological polar surface area (TPSA) is 34.2 Å². The van der Waals surface area contributed by atoms with E-state index in [2.05, 4.69) is 54.0 Å². The molecule has 1 saturated heterocycles. The maximum atomic E-state index is 6.25. The molecule has 0 aromatic heterocycles. The summed E-state index contributed by atoms with van der Waals surface area (Å²) in [6, 6.07) is 13.1. The highest BCUT2D eigenvalue weighted by Crippen LogP contribution is 2.54. The van der Waals surface area contributed by atoms with Crippen molar-refractivity contribution < 1.29 is 14.2 Å². The van der Waals surface area contributed by atoms with E-state index in [4.69, 9.17) is 14.2 Å². The zero-order chi connectivity index (χ0) is 21.7. The predicted octanol–water partition coefficient (Wildman–Crippen LogP) is 4.67. The van der Waals surface area contributed by atoms with Crippen molar-refractivity contribution in [2.75, 3.05) is 51.0 Å². The first-order valence-corrected chi connectivity index (χ1v) is 12.3. The van der Waals surface area contributed by atoms with Gasteiger partial charge < -0.3 is 24.0 Å². The molecule has 2 aromatic rings. The van der Waals surface area contributed by atoms with Gasteiger partial charge >= 0.3 is 0 Å². The summed E-state index contributed by atoms with van der Waals surface area (Å²) in [6.07, 6.45) is 3.91. The van der Waals surface area contributed by atoms with Crippen LogP contribution in [0, 0.1) is 11.8 Å². The van der Waals surface area contributed by atoms with Gasteiger partial charge in [-0.2, -0.15) is 0 Å². The van der Waals surface area contributed by atoms with Crippen molar-refractivity contribution in [2.45, 2.75) is 38.5 Å². The molecule has 5 nitrogen and oxygen atoms in total. The number of likely N-dealkylation sites (tertiary alicyclic amines) is 1. The minimum Gasteiger partial charge on any atom is -0.492 e. The molecule has 1 spiro atoms. The van der Waals surface area contributed by atoms with Crippen molar-refractivity contribution >= 4 is 5.69 Å². The molecule has 170 valence electrons. The van der Waals surface area contributed by atoms with Gasteiger partial charge in [0.1, 0.15) is 12.4 Å². The molecule has 0 amide bonds. The smallest absolute Gasteiger partial charge is 0.231 e. The largest absolute Gasteiger partial charge is 0.492 e. The van der Waals surface area contributed by atoms with Crippen molar-refractivity contribution in [3.05, 3.63) is 47.5 Å². The summed E-state index contributed by atoms with van der Waals surface area (Å²) >= 11 is 0. The van der Waals surface area contributed by atoms with Gasteiger partial charge in [-0.25, -0.2) is 0 Å². The van der Waals surface area contributed by atoms with Crippen LogP contribution < -0.4 is 19.1 Å². The summed E-state index contributed by atoms with van der Waals surface area (Å²) in [4.78, 5) is 5.30. The molecule has 6 rings (SSSR count). The van der Waals surface area contributed by atoms with Crippen LogP contribution in [0.2, 0.25) is 0 Å². The molecule has 1 unspecified atom stereocenters. The Morgan fingerprint density at radius 2 is 1.75 bits per heavy atom. The van der Waals surface area contributed by atoms with Crippen LogP contribution in [-0.2, 0) is 5.41 Å². The van der Waals surface area contributed by atoms with Gasteiger partial charge in [-0.05, 0) is 68.4 Å². The Kier molecular flexibility index (Phi) is 4.98. The van der Waals surface area contributed by atoms with E-state index in [0.717, 1.165) is 42.2 Å². The summed E-state index contributed by atoms with van der Waals surface area (Å²) in [5, 5.41) is 0. The number of hydrogen-bond acceptors (Lipinski definition) is 5. The van der Waals surface area contributed by atoms with Crippen LogP contribution in [0.4, 0.5) is 5.69 Å². The Balaban J connectivity index is 1.22. The molecule has 0 bridgehead atoms. The first kappa shape index (κ1) is 20.2. The Hall–Kier alpha value is -2.40. The van der Waals surface area contributed by atoms with E-state index in [1.54, 1.807) is 0 Å². The Morgan fingerprint density at radius 3 is 2.56 bits per heavy atom. The van der Waals surface area contributed by atoms with Crippen LogP contribution in [0.25, 0.3) is 0 Å².